The molecule has 0 aliphatic rings. The van der Waals surface area contributed by atoms with Crippen LogP contribution in [0.2, 0.25) is 5.02 Å². The SMILES string of the molecule is Cc1c(NC(=O)NC(=O)c2ccc(Cl)cc2)c(=O)n(-c2ccccc2)n1C. The molecule has 0 bridgehead atoms. The van der Waals surface area contributed by atoms with E-state index in [0.717, 1.165) is 0 Å². The van der Waals surface area contributed by atoms with Gasteiger partial charge in [-0.3, -0.25) is 19.6 Å². The number of aromatic nitrogens is 2. The molecule has 0 spiro atoms. The lowest BCUT2D eigenvalue weighted by Crippen LogP contribution is -2.35. The van der Waals surface area contributed by atoms with E-state index in [4.69, 9.17) is 11.6 Å². The van der Waals surface area contributed by atoms with Crippen molar-refractivity contribution in [3.63, 3.8) is 0 Å². The first kappa shape index (κ1) is 18.5. The highest BCUT2D eigenvalue weighted by molar-refractivity contribution is 6.30. The first-order valence-electron chi connectivity index (χ1n) is 8.10. The molecule has 0 saturated heterocycles. The number of nitrogens with one attached hydrogen (secondary N) is 2. The van der Waals surface area contributed by atoms with Crippen LogP contribution < -0.4 is 16.2 Å². The van der Waals surface area contributed by atoms with E-state index in [1.165, 1.54) is 16.8 Å². The molecule has 27 heavy (non-hydrogen) atoms. The number of carbonyl (C=O) groups is 2. The van der Waals surface area contributed by atoms with Crippen LogP contribution >= 0.6 is 11.6 Å². The number of benzene rings is 2. The molecule has 2 aromatic carbocycles. The van der Waals surface area contributed by atoms with Gasteiger partial charge in [0.15, 0.2) is 0 Å². The Morgan fingerprint density at radius 2 is 1.63 bits per heavy atom. The van der Waals surface area contributed by atoms with Gasteiger partial charge in [-0.2, -0.15) is 0 Å². The lowest BCUT2D eigenvalue weighted by molar-refractivity contribution is 0.0967. The molecule has 1 heterocycles. The van der Waals surface area contributed by atoms with E-state index in [-0.39, 0.29) is 11.3 Å². The first-order valence-corrected chi connectivity index (χ1v) is 8.48. The molecule has 0 radical (unpaired) electrons. The van der Waals surface area contributed by atoms with Gasteiger partial charge in [-0.1, -0.05) is 29.8 Å². The predicted octanol–water partition coefficient (Wildman–Crippen LogP) is 3.10. The number of halogens is 1. The summed E-state index contributed by atoms with van der Waals surface area (Å²) in [6, 6.07) is 14.4. The van der Waals surface area contributed by atoms with E-state index >= 15 is 0 Å². The van der Waals surface area contributed by atoms with E-state index in [1.807, 2.05) is 18.2 Å². The van der Waals surface area contributed by atoms with Crippen molar-refractivity contribution < 1.29 is 9.59 Å². The molecule has 3 aromatic rings. The van der Waals surface area contributed by atoms with Gasteiger partial charge < -0.3 is 5.32 Å². The highest BCUT2D eigenvalue weighted by Gasteiger charge is 2.19. The zero-order valence-corrected chi connectivity index (χ0v) is 15.4. The molecule has 0 saturated carbocycles. The van der Waals surface area contributed by atoms with Crippen LogP contribution in [-0.4, -0.2) is 21.3 Å². The molecular formula is C19H17ClN4O3. The fourth-order valence-electron chi connectivity index (χ4n) is 2.63. The molecule has 0 aliphatic heterocycles. The van der Waals surface area contributed by atoms with E-state index in [0.29, 0.717) is 16.4 Å². The highest BCUT2D eigenvalue weighted by Crippen LogP contribution is 2.14. The smallest absolute Gasteiger partial charge is 0.301 e. The van der Waals surface area contributed by atoms with Crippen molar-refractivity contribution in [3.05, 3.63) is 81.2 Å². The zero-order valence-electron chi connectivity index (χ0n) is 14.7. The van der Waals surface area contributed by atoms with Gasteiger partial charge in [-0.15, -0.1) is 0 Å². The Kier molecular flexibility index (Phi) is 5.14. The van der Waals surface area contributed by atoms with E-state index in [2.05, 4.69) is 10.6 Å². The standard InChI is InChI=1S/C19H17ClN4O3/c1-12-16(18(26)24(23(12)2)15-6-4-3-5-7-15)21-19(27)22-17(25)13-8-10-14(20)11-9-13/h3-11H,1-2H3,(H2,21,22,25,27). The van der Waals surface area contributed by atoms with E-state index in [1.54, 1.807) is 42.9 Å². The predicted molar refractivity (Wildman–Crippen MR) is 104 cm³/mol. The van der Waals surface area contributed by atoms with Gasteiger partial charge in [0.25, 0.3) is 11.5 Å². The van der Waals surface area contributed by atoms with Crippen LogP contribution in [0.4, 0.5) is 10.5 Å². The first-order chi connectivity index (χ1) is 12.9. The quantitative estimate of drug-likeness (QED) is 0.727. The molecule has 0 unspecified atom stereocenters. The van der Waals surface area contributed by atoms with Crippen LogP contribution in [0.15, 0.2) is 59.4 Å². The van der Waals surface area contributed by atoms with Gasteiger partial charge in [-0.25, -0.2) is 9.48 Å². The molecule has 138 valence electrons. The largest absolute Gasteiger partial charge is 0.326 e. The normalized spacial score (nSPS) is 10.5. The van der Waals surface area contributed by atoms with Gasteiger partial charge in [0, 0.05) is 17.6 Å². The molecule has 2 N–H and O–H groups in total. The van der Waals surface area contributed by atoms with Gasteiger partial charge >= 0.3 is 6.03 Å². The summed E-state index contributed by atoms with van der Waals surface area (Å²) in [4.78, 5) is 37.1. The Morgan fingerprint density at radius 3 is 2.26 bits per heavy atom. The maximum atomic E-state index is 12.7. The third kappa shape index (κ3) is 3.78. The Balaban J connectivity index is 1.81. The fraction of sp³-hybridized carbons (Fsp3) is 0.105. The minimum Gasteiger partial charge on any atom is -0.301 e. The monoisotopic (exact) mass is 384 g/mol. The second-order valence-corrected chi connectivity index (χ2v) is 6.29. The van der Waals surface area contributed by atoms with Crippen molar-refractivity contribution in [3.8, 4) is 5.69 Å². The number of hydrogen-bond acceptors (Lipinski definition) is 3. The van der Waals surface area contributed by atoms with Crippen molar-refractivity contribution in [1.82, 2.24) is 14.7 Å². The maximum Gasteiger partial charge on any atom is 0.326 e. The van der Waals surface area contributed by atoms with Crippen LogP contribution in [0.1, 0.15) is 16.1 Å². The maximum absolute atomic E-state index is 12.7. The number of anilines is 1. The average molecular weight is 385 g/mol. The number of urea groups is 1. The summed E-state index contributed by atoms with van der Waals surface area (Å²) in [5.74, 6) is -0.596. The third-order valence-corrected chi connectivity index (χ3v) is 4.38. The zero-order chi connectivity index (χ0) is 19.6. The summed E-state index contributed by atoms with van der Waals surface area (Å²) in [6.07, 6.45) is 0. The Hall–Kier alpha value is -3.32. The molecule has 0 fully saturated rings. The van der Waals surface area contributed by atoms with E-state index < -0.39 is 17.5 Å². The Morgan fingerprint density at radius 1 is 1.00 bits per heavy atom. The fourth-order valence-corrected chi connectivity index (χ4v) is 2.76. The van der Waals surface area contributed by atoms with Crippen molar-refractivity contribution in [2.45, 2.75) is 6.92 Å². The second kappa shape index (κ2) is 7.51. The molecular weight excluding hydrogens is 368 g/mol. The van der Waals surface area contributed by atoms with Crippen LogP contribution in [0, 0.1) is 6.92 Å². The van der Waals surface area contributed by atoms with Crippen LogP contribution in [0.3, 0.4) is 0 Å². The Bertz CT molecular complexity index is 1050. The van der Waals surface area contributed by atoms with Crippen LogP contribution in [0.5, 0.6) is 0 Å². The topological polar surface area (TPSA) is 85.1 Å². The average Bonchev–Trinajstić information content (AvgIpc) is 2.86. The number of carbonyl (C=O) groups excluding carboxylic acids is 2. The molecule has 8 heteroatoms. The minimum atomic E-state index is -0.791. The van der Waals surface area contributed by atoms with Gasteiger partial charge in [-0.05, 0) is 43.3 Å². The lowest BCUT2D eigenvalue weighted by Gasteiger charge is -2.07. The lowest BCUT2D eigenvalue weighted by atomic mass is 10.2. The number of imide groups is 1. The molecule has 7 nitrogen and oxygen atoms in total. The highest BCUT2D eigenvalue weighted by atomic mass is 35.5. The number of amides is 3. The summed E-state index contributed by atoms with van der Waals surface area (Å²) in [7, 11) is 1.71. The van der Waals surface area contributed by atoms with Crippen molar-refractivity contribution in [2.75, 3.05) is 5.32 Å². The van der Waals surface area contributed by atoms with Crippen LogP contribution in [-0.2, 0) is 7.05 Å². The van der Waals surface area contributed by atoms with Crippen molar-refractivity contribution >= 4 is 29.2 Å². The molecule has 3 rings (SSSR count). The van der Waals surface area contributed by atoms with Gasteiger partial charge in [0.05, 0.1) is 11.4 Å². The summed E-state index contributed by atoms with van der Waals surface area (Å²) >= 11 is 5.78. The Labute approximate surface area is 160 Å². The van der Waals surface area contributed by atoms with Crippen LogP contribution in [0.25, 0.3) is 5.69 Å². The van der Waals surface area contributed by atoms with Gasteiger partial charge in [0.2, 0.25) is 0 Å². The summed E-state index contributed by atoms with van der Waals surface area (Å²) in [5, 5.41) is 5.15. The molecule has 0 aliphatic carbocycles. The molecule has 0 atom stereocenters. The molecule has 3 amide bonds. The van der Waals surface area contributed by atoms with Gasteiger partial charge in [0.1, 0.15) is 5.69 Å². The number of hydrogen-bond donors (Lipinski definition) is 2. The van der Waals surface area contributed by atoms with E-state index in [9.17, 15) is 14.4 Å². The number of rotatable bonds is 3. The summed E-state index contributed by atoms with van der Waals surface area (Å²) < 4.78 is 3.07. The number of para-hydroxylation sites is 1. The van der Waals surface area contributed by atoms with Crippen molar-refractivity contribution in [2.24, 2.45) is 7.05 Å². The second-order valence-electron chi connectivity index (χ2n) is 5.85. The third-order valence-electron chi connectivity index (χ3n) is 4.13. The van der Waals surface area contributed by atoms with Crippen molar-refractivity contribution in [1.29, 1.82) is 0 Å². The minimum absolute atomic E-state index is 0.0998. The molecule has 1 aromatic heterocycles. The summed E-state index contributed by atoms with van der Waals surface area (Å²) in [6.45, 7) is 1.71. The summed E-state index contributed by atoms with van der Waals surface area (Å²) in [5.41, 5.74) is 1.20. The number of nitrogens with zero attached hydrogens (tertiary/aromatic N) is 2.